The molecule has 0 radical (unpaired) electrons. The van der Waals surface area contributed by atoms with E-state index < -0.39 is 0 Å². The third kappa shape index (κ3) is 2.99. The molecule has 0 N–H and O–H groups in total. The fraction of sp³-hybridized carbons (Fsp3) is 0.929. The maximum Gasteiger partial charge on any atom is 0.105 e. The van der Waals surface area contributed by atoms with Gasteiger partial charge in [0.25, 0.3) is 0 Å². The zero-order chi connectivity index (χ0) is 21.5. The number of aliphatic imine (C=N–C) groups is 2. The minimum absolute atomic E-state index is 0.424. The molecule has 0 aromatic rings. The van der Waals surface area contributed by atoms with E-state index in [1.165, 1.54) is 88.7 Å². The van der Waals surface area contributed by atoms with Gasteiger partial charge in [0.2, 0.25) is 0 Å². The summed E-state index contributed by atoms with van der Waals surface area (Å²) in [5.74, 6) is 8.97. The van der Waals surface area contributed by atoms with Crippen molar-refractivity contribution < 1.29 is 0 Å². The molecule has 0 atom stereocenters. The molecule has 0 aromatic heterocycles. The summed E-state index contributed by atoms with van der Waals surface area (Å²) in [4.78, 5) is 15.5. The summed E-state index contributed by atoms with van der Waals surface area (Å²) >= 11 is 0. The molecule has 4 heteroatoms. The number of rotatable bonds is 2. The molecule has 32 heavy (non-hydrogen) atoms. The molecule has 9 fully saturated rings. The Kier molecular flexibility index (Phi) is 4.58. The van der Waals surface area contributed by atoms with Crippen LogP contribution in [0.15, 0.2) is 9.98 Å². The van der Waals surface area contributed by atoms with Crippen molar-refractivity contribution in [2.24, 2.45) is 56.3 Å². The Morgan fingerprint density at radius 1 is 0.500 bits per heavy atom. The minimum atomic E-state index is 0.424. The van der Waals surface area contributed by atoms with Crippen LogP contribution in [0.5, 0.6) is 0 Å². The van der Waals surface area contributed by atoms with Gasteiger partial charge in [0, 0.05) is 51.1 Å². The molecule has 1 heterocycles. The topological polar surface area (TPSA) is 31.2 Å². The van der Waals surface area contributed by atoms with Crippen LogP contribution < -0.4 is 0 Å². The Balaban J connectivity index is 1.07. The quantitative estimate of drug-likeness (QED) is 0.446. The van der Waals surface area contributed by atoms with Gasteiger partial charge in [0.15, 0.2) is 0 Å². The van der Waals surface area contributed by atoms with Crippen LogP contribution in [0.1, 0.15) is 77.0 Å². The summed E-state index contributed by atoms with van der Waals surface area (Å²) in [5.41, 5.74) is 0.848. The first-order chi connectivity index (χ1) is 15.6. The zero-order valence-electron chi connectivity index (χ0n) is 20.6. The first-order valence-electron chi connectivity index (χ1n) is 14.0. The predicted molar refractivity (Wildman–Crippen MR) is 131 cm³/mol. The lowest BCUT2D eigenvalue weighted by atomic mass is 9.49. The molecular weight excluding hydrogens is 392 g/mol. The van der Waals surface area contributed by atoms with E-state index in [1.807, 2.05) is 0 Å². The van der Waals surface area contributed by atoms with Crippen molar-refractivity contribution in [3.63, 3.8) is 0 Å². The third-order valence-electron chi connectivity index (χ3n) is 11.3. The van der Waals surface area contributed by atoms with Gasteiger partial charge in [-0.3, -0.25) is 9.98 Å². The fourth-order valence-corrected chi connectivity index (χ4v) is 11.3. The molecule has 1 aliphatic heterocycles. The van der Waals surface area contributed by atoms with Crippen molar-refractivity contribution in [3.05, 3.63) is 0 Å². The number of piperazine rings is 1. The van der Waals surface area contributed by atoms with E-state index in [0.717, 1.165) is 61.7 Å². The summed E-state index contributed by atoms with van der Waals surface area (Å²) in [5, 5.41) is 0. The SMILES string of the molecule is CN=C(N1CCN(C(=NC)C23CC4CC(CC(C4)C2)C3)CC1)C12CC3CC(CC(C3)C1)C2. The summed E-state index contributed by atoms with van der Waals surface area (Å²) in [6.07, 6.45) is 17.7. The molecular formula is C28H44N4. The lowest BCUT2D eigenvalue weighted by Gasteiger charge is -2.60. The van der Waals surface area contributed by atoms with Gasteiger partial charge in [-0.15, -0.1) is 0 Å². The maximum absolute atomic E-state index is 5.04. The Morgan fingerprint density at radius 2 is 0.750 bits per heavy atom. The molecule has 4 nitrogen and oxygen atoms in total. The molecule has 8 bridgehead atoms. The van der Waals surface area contributed by atoms with E-state index in [2.05, 4.69) is 23.9 Å². The fourth-order valence-electron chi connectivity index (χ4n) is 11.3. The third-order valence-corrected chi connectivity index (χ3v) is 11.3. The molecule has 0 unspecified atom stereocenters. The largest absolute Gasteiger partial charge is 0.356 e. The summed E-state index contributed by atoms with van der Waals surface area (Å²) in [6.45, 7) is 4.61. The zero-order valence-corrected chi connectivity index (χ0v) is 20.6. The van der Waals surface area contributed by atoms with Gasteiger partial charge in [0.1, 0.15) is 11.7 Å². The van der Waals surface area contributed by atoms with Gasteiger partial charge in [-0.25, -0.2) is 0 Å². The van der Waals surface area contributed by atoms with E-state index in [-0.39, 0.29) is 0 Å². The van der Waals surface area contributed by atoms with E-state index in [0.29, 0.717) is 10.8 Å². The number of hydrogen-bond donors (Lipinski definition) is 0. The second-order valence-electron chi connectivity index (χ2n) is 13.5. The van der Waals surface area contributed by atoms with E-state index in [1.54, 1.807) is 0 Å². The van der Waals surface area contributed by atoms with Gasteiger partial charge in [-0.2, -0.15) is 0 Å². The van der Waals surface area contributed by atoms with E-state index in [4.69, 9.17) is 9.98 Å². The summed E-state index contributed by atoms with van der Waals surface area (Å²) in [6, 6.07) is 0. The van der Waals surface area contributed by atoms with Crippen LogP contribution in [0.4, 0.5) is 0 Å². The monoisotopic (exact) mass is 436 g/mol. The Morgan fingerprint density at radius 3 is 0.969 bits per heavy atom. The second-order valence-corrected chi connectivity index (χ2v) is 13.5. The standard InChI is InChI=1S/C28H44N4/c1-29-25(27-13-19-7-20(14-27)9-21(8-19)15-27)31-3-5-32(6-4-31)26(30-2)28-16-22-10-23(17-28)12-24(11-22)18-28/h19-24H,3-18H2,1-2H3. The maximum atomic E-state index is 5.04. The highest BCUT2D eigenvalue weighted by Gasteiger charge is 2.56. The molecule has 0 aromatic carbocycles. The first kappa shape index (κ1) is 20.3. The van der Waals surface area contributed by atoms with Gasteiger partial charge in [-0.05, 0) is 113 Å². The van der Waals surface area contributed by atoms with Crippen LogP contribution in [-0.2, 0) is 0 Å². The molecule has 0 spiro atoms. The van der Waals surface area contributed by atoms with E-state index in [9.17, 15) is 0 Å². The molecule has 9 rings (SSSR count). The van der Waals surface area contributed by atoms with Crippen LogP contribution in [0, 0.1) is 46.3 Å². The molecule has 0 amide bonds. The molecule has 176 valence electrons. The Bertz CT molecular complexity index is 679. The van der Waals surface area contributed by atoms with Crippen molar-refractivity contribution in [2.75, 3.05) is 40.3 Å². The smallest absolute Gasteiger partial charge is 0.105 e. The average Bonchev–Trinajstić information content (AvgIpc) is 2.73. The molecule has 8 aliphatic carbocycles. The van der Waals surface area contributed by atoms with Gasteiger partial charge >= 0.3 is 0 Å². The Hall–Kier alpha value is -1.06. The second kappa shape index (κ2) is 7.22. The highest BCUT2D eigenvalue weighted by Crippen LogP contribution is 2.62. The van der Waals surface area contributed by atoms with Gasteiger partial charge < -0.3 is 9.80 Å². The normalized spacial score (nSPS) is 49.9. The van der Waals surface area contributed by atoms with Crippen LogP contribution in [0.2, 0.25) is 0 Å². The van der Waals surface area contributed by atoms with Crippen LogP contribution in [0.25, 0.3) is 0 Å². The van der Waals surface area contributed by atoms with Crippen molar-refractivity contribution in [1.82, 2.24) is 9.80 Å². The molecule has 1 saturated heterocycles. The average molecular weight is 437 g/mol. The van der Waals surface area contributed by atoms with Crippen LogP contribution in [-0.4, -0.2) is 61.7 Å². The summed E-state index contributed by atoms with van der Waals surface area (Å²) < 4.78 is 0. The molecule has 9 aliphatic rings. The van der Waals surface area contributed by atoms with E-state index >= 15 is 0 Å². The number of amidine groups is 2. The number of hydrogen-bond acceptors (Lipinski definition) is 2. The lowest BCUT2D eigenvalue weighted by Crippen LogP contribution is -2.61. The van der Waals surface area contributed by atoms with Crippen molar-refractivity contribution >= 4 is 11.7 Å². The van der Waals surface area contributed by atoms with Crippen molar-refractivity contribution in [1.29, 1.82) is 0 Å². The lowest BCUT2D eigenvalue weighted by molar-refractivity contribution is -0.0230. The van der Waals surface area contributed by atoms with Crippen LogP contribution in [0.3, 0.4) is 0 Å². The minimum Gasteiger partial charge on any atom is -0.356 e. The molecule has 8 saturated carbocycles. The van der Waals surface area contributed by atoms with Crippen molar-refractivity contribution in [2.45, 2.75) is 77.0 Å². The van der Waals surface area contributed by atoms with Crippen LogP contribution >= 0.6 is 0 Å². The van der Waals surface area contributed by atoms with Gasteiger partial charge in [0.05, 0.1) is 0 Å². The highest BCUT2D eigenvalue weighted by molar-refractivity contribution is 5.90. The Labute approximate surface area is 195 Å². The van der Waals surface area contributed by atoms with Gasteiger partial charge in [-0.1, -0.05) is 0 Å². The summed E-state index contributed by atoms with van der Waals surface area (Å²) in [7, 11) is 4.18. The van der Waals surface area contributed by atoms with Crippen molar-refractivity contribution in [3.8, 4) is 0 Å². The predicted octanol–water partition coefficient (Wildman–Crippen LogP) is 5.09. The highest BCUT2D eigenvalue weighted by atomic mass is 15.3. The number of nitrogens with zero attached hydrogens (tertiary/aromatic N) is 4. The first-order valence-corrected chi connectivity index (χ1v) is 14.0.